The molecule has 0 radical (unpaired) electrons. The molecule has 1 N–H and O–H groups in total. The number of nitro benzene ring substituents is 1. The number of carbonyl (C=O) groups is 2. The van der Waals surface area contributed by atoms with Crippen LogP contribution >= 0.6 is 0 Å². The van der Waals surface area contributed by atoms with Gasteiger partial charge in [-0.15, -0.1) is 0 Å². The third-order valence-corrected chi connectivity index (χ3v) is 8.65. The van der Waals surface area contributed by atoms with E-state index in [-0.39, 0.29) is 42.0 Å². The zero-order chi connectivity index (χ0) is 33.2. The number of amides is 2. The van der Waals surface area contributed by atoms with Gasteiger partial charge in [-0.05, 0) is 54.4 Å². The van der Waals surface area contributed by atoms with E-state index in [0.717, 1.165) is 30.3 Å². The van der Waals surface area contributed by atoms with Crippen molar-refractivity contribution in [3.8, 4) is 0 Å². The lowest BCUT2D eigenvalue weighted by Gasteiger charge is -2.37. The van der Waals surface area contributed by atoms with E-state index in [0.29, 0.717) is 25.2 Å². The summed E-state index contributed by atoms with van der Waals surface area (Å²) in [7, 11) is 5.48. The van der Waals surface area contributed by atoms with Gasteiger partial charge in [0.25, 0.3) is 11.6 Å². The molecule has 1 fully saturated rings. The van der Waals surface area contributed by atoms with Crippen LogP contribution in [0.5, 0.6) is 0 Å². The van der Waals surface area contributed by atoms with Crippen molar-refractivity contribution in [1.29, 1.82) is 0 Å². The first-order valence-corrected chi connectivity index (χ1v) is 15.0. The van der Waals surface area contributed by atoms with Crippen molar-refractivity contribution >= 4 is 28.9 Å². The van der Waals surface area contributed by atoms with Crippen molar-refractivity contribution in [3.05, 3.63) is 98.6 Å². The zero-order valence-corrected chi connectivity index (χ0v) is 26.0. The molecule has 5 rings (SSSR count). The highest BCUT2D eigenvalue weighted by Gasteiger charge is 2.36. The second kappa shape index (κ2) is 13.5. The Labute approximate surface area is 265 Å². The molecule has 1 saturated heterocycles. The van der Waals surface area contributed by atoms with Crippen LogP contribution in [0.1, 0.15) is 39.0 Å². The number of nitrogens with zero attached hydrogens (tertiary/aromatic N) is 5. The minimum atomic E-state index is -4.62. The van der Waals surface area contributed by atoms with E-state index in [2.05, 4.69) is 10.2 Å². The molecule has 13 heteroatoms. The van der Waals surface area contributed by atoms with Crippen LogP contribution in [0.3, 0.4) is 0 Å². The van der Waals surface area contributed by atoms with Crippen molar-refractivity contribution in [3.63, 3.8) is 0 Å². The van der Waals surface area contributed by atoms with Crippen LogP contribution in [0.25, 0.3) is 0 Å². The third-order valence-electron chi connectivity index (χ3n) is 8.65. The molecule has 0 bridgehead atoms. The number of rotatable bonds is 8. The fraction of sp³-hybridized carbons (Fsp3) is 0.394. The van der Waals surface area contributed by atoms with Crippen LogP contribution in [-0.2, 0) is 30.5 Å². The van der Waals surface area contributed by atoms with Crippen molar-refractivity contribution in [2.24, 2.45) is 0 Å². The maximum Gasteiger partial charge on any atom is 0.416 e. The van der Waals surface area contributed by atoms with Gasteiger partial charge in [-0.1, -0.05) is 30.3 Å². The number of hydrogen-bond acceptors (Lipinski definition) is 7. The second-order valence-electron chi connectivity index (χ2n) is 12.1. The molecule has 2 aliphatic heterocycles. The molecule has 0 aromatic heterocycles. The lowest BCUT2D eigenvalue weighted by Crippen LogP contribution is -2.46. The molecule has 3 aromatic rings. The molecule has 1 atom stereocenters. The average Bonchev–Trinajstić information content (AvgIpc) is 3.01. The lowest BCUT2D eigenvalue weighted by atomic mass is 9.91. The number of fused-ring (bicyclic) bond motifs is 1. The number of halogens is 3. The number of nitro groups is 1. The summed E-state index contributed by atoms with van der Waals surface area (Å²) < 4.78 is 42.4. The highest BCUT2D eigenvalue weighted by atomic mass is 19.4. The molecule has 0 spiro atoms. The first-order valence-electron chi connectivity index (χ1n) is 15.0. The Morgan fingerprint density at radius 3 is 2.35 bits per heavy atom. The molecule has 2 aliphatic rings. The zero-order valence-electron chi connectivity index (χ0n) is 26.0. The van der Waals surface area contributed by atoms with Gasteiger partial charge < -0.3 is 20.0 Å². The molecule has 10 nitrogen and oxygen atoms in total. The van der Waals surface area contributed by atoms with Crippen LogP contribution < -0.4 is 10.2 Å². The van der Waals surface area contributed by atoms with Crippen LogP contribution in [0.15, 0.2) is 60.7 Å². The number of anilines is 2. The maximum absolute atomic E-state index is 14.1. The van der Waals surface area contributed by atoms with Gasteiger partial charge in [0, 0.05) is 83.3 Å². The Bertz CT molecular complexity index is 1620. The number of alkyl halides is 3. The SMILES string of the molecule is CN1CCN(Cc2ccc(NC(=O)C[C@H]3Cc4ccccc4CN3C(=O)c3cc(N(C)C)ccc3[N+](=O)[O-])cc2C(F)(F)F)CC1. The number of likely N-dealkylation sites (N-methyl/N-ethyl adjacent to an activating group) is 1. The van der Waals surface area contributed by atoms with E-state index in [1.165, 1.54) is 29.2 Å². The minimum Gasteiger partial charge on any atom is -0.378 e. The van der Waals surface area contributed by atoms with Crippen LogP contribution in [0.4, 0.5) is 30.2 Å². The summed E-state index contributed by atoms with van der Waals surface area (Å²) in [4.78, 5) is 45.9. The Morgan fingerprint density at radius 1 is 1.00 bits per heavy atom. The van der Waals surface area contributed by atoms with E-state index >= 15 is 0 Å². The molecular weight excluding hydrogens is 601 g/mol. The summed E-state index contributed by atoms with van der Waals surface area (Å²) in [5, 5.41) is 14.5. The Morgan fingerprint density at radius 2 is 1.70 bits per heavy atom. The summed E-state index contributed by atoms with van der Waals surface area (Å²) >= 11 is 0. The quantitative estimate of drug-likeness (QED) is 0.273. The molecule has 2 heterocycles. The van der Waals surface area contributed by atoms with Gasteiger partial charge in [-0.3, -0.25) is 24.6 Å². The first-order chi connectivity index (χ1) is 21.8. The molecule has 3 aromatic carbocycles. The predicted octanol–water partition coefficient (Wildman–Crippen LogP) is 5.02. The minimum absolute atomic E-state index is 0.00265. The van der Waals surface area contributed by atoms with Gasteiger partial charge in [-0.2, -0.15) is 13.2 Å². The average molecular weight is 639 g/mol. The number of benzene rings is 3. The predicted molar refractivity (Wildman–Crippen MR) is 169 cm³/mol. The Hall–Kier alpha value is -4.49. The fourth-order valence-electron chi connectivity index (χ4n) is 6.02. The van der Waals surface area contributed by atoms with Crippen molar-refractivity contribution in [2.45, 2.75) is 38.1 Å². The van der Waals surface area contributed by atoms with Crippen LogP contribution in [0, 0.1) is 10.1 Å². The van der Waals surface area contributed by atoms with E-state index in [4.69, 9.17) is 0 Å². The molecule has 0 unspecified atom stereocenters. The normalized spacial score (nSPS) is 17.3. The standard InChI is InChI=1S/C33H37F3N6O4/c1-38(2)26-10-11-30(42(45)46)28(18-26)32(44)41-21-23-7-5-4-6-22(23)16-27(41)19-31(43)37-25-9-8-24(29(17-25)33(34,35)36)20-40-14-12-39(3)13-15-40/h4-11,17-18,27H,12-16,19-21H2,1-3H3,(H,37,43)/t27-/m1/s1. The molecule has 46 heavy (non-hydrogen) atoms. The van der Waals surface area contributed by atoms with Crippen LogP contribution in [-0.4, -0.2) is 84.8 Å². The summed E-state index contributed by atoms with van der Waals surface area (Å²) in [5.41, 5.74) is 1.25. The van der Waals surface area contributed by atoms with Crippen molar-refractivity contribution in [1.82, 2.24) is 14.7 Å². The summed E-state index contributed by atoms with van der Waals surface area (Å²) in [6.45, 7) is 3.14. The second-order valence-corrected chi connectivity index (χ2v) is 12.1. The monoisotopic (exact) mass is 638 g/mol. The topological polar surface area (TPSA) is 102 Å². The van der Waals surface area contributed by atoms with Gasteiger partial charge in [0.15, 0.2) is 0 Å². The molecule has 0 saturated carbocycles. The van der Waals surface area contributed by atoms with E-state index < -0.39 is 34.5 Å². The first kappa shape index (κ1) is 32.9. The highest BCUT2D eigenvalue weighted by Crippen LogP contribution is 2.35. The fourth-order valence-corrected chi connectivity index (χ4v) is 6.02. The summed E-state index contributed by atoms with van der Waals surface area (Å²) in [6.07, 6.45) is -4.53. The molecular formula is C33H37F3N6O4. The maximum atomic E-state index is 14.1. The van der Waals surface area contributed by atoms with Crippen molar-refractivity contribution < 1.29 is 27.7 Å². The Balaban J connectivity index is 1.38. The highest BCUT2D eigenvalue weighted by molar-refractivity contribution is 6.00. The van der Waals surface area contributed by atoms with E-state index in [9.17, 15) is 32.9 Å². The van der Waals surface area contributed by atoms with Crippen molar-refractivity contribution in [2.75, 3.05) is 57.5 Å². The van der Waals surface area contributed by atoms with Gasteiger partial charge in [-0.25, -0.2) is 0 Å². The van der Waals surface area contributed by atoms with Gasteiger partial charge >= 0.3 is 6.18 Å². The van der Waals surface area contributed by atoms with Crippen LogP contribution in [0.2, 0.25) is 0 Å². The lowest BCUT2D eigenvalue weighted by molar-refractivity contribution is -0.385. The van der Waals surface area contributed by atoms with Gasteiger partial charge in [0.05, 0.1) is 10.5 Å². The smallest absolute Gasteiger partial charge is 0.378 e. The number of nitrogens with one attached hydrogen (secondary N) is 1. The largest absolute Gasteiger partial charge is 0.416 e. The number of carbonyl (C=O) groups excluding carboxylic acids is 2. The Kier molecular flexibility index (Phi) is 9.63. The number of hydrogen-bond donors (Lipinski definition) is 1. The summed E-state index contributed by atoms with van der Waals surface area (Å²) in [5.74, 6) is -1.17. The van der Waals surface area contributed by atoms with Gasteiger partial charge in [0.1, 0.15) is 5.56 Å². The third kappa shape index (κ3) is 7.48. The summed E-state index contributed by atoms with van der Waals surface area (Å²) in [6, 6.07) is 14.9. The molecule has 0 aliphatic carbocycles. The van der Waals surface area contributed by atoms with E-state index in [1.807, 2.05) is 36.2 Å². The number of piperazine rings is 1. The van der Waals surface area contributed by atoms with Gasteiger partial charge in [0.2, 0.25) is 5.91 Å². The molecule has 2 amide bonds. The molecule has 244 valence electrons. The van der Waals surface area contributed by atoms with E-state index in [1.54, 1.807) is 25.1 Å².